The molecule has 0 radical (unpaired) electrons. The molecular formula is C20H18N4O3S. The van der Waals surface area contributed by atoms with Crippen molar-refractivity contribution in [3.8, 4) is 0 Å². The summed E-state index contributed by atoms with van der Waals surface area (Å²) in [6.07, 6.45) is 4.83. The highest BCUT2D eigenvalue weighted by Crippen LogP contribution is 2.33. The van der Waals surface area contributed by atoms with Crippen LogP contribution in [0.2, 0.25) is 0 Å². The van der Waals surface area contributed by atoms with Gasteiger partial charge in [-0.25, -0.2) is 9.78 Å². The largest absolute Gasteiger partial charge is 0.325 e. The maximum Gasteiger partial charge on any atom is 0.325 e. The molecule has 1 N–H and O–H groups in total. The van der Waals surface area contributed by atoms with Crippen molar-refractivity contribution in [3.05, 3.63) is 68.6 Å². The molecule has 3 aromatic rings. The van der Waals surface area contributed by atoms with Gasteiger partial charge in [-0.05, 0) is 42.9 Å². The van der Waals surface area contributed by atoms with Gasteiger partial charge >= 0.3 is 6.03 Å². The molecule has 1 saturated heterocycles. The highest BCUT2D eigenvalue weighted by molar-refractivity contribution is 7.15. The minimum Gasteiger partial charge on any atom is -0.319 e. The lowest BCUT2D eigenvalue weighted by Gasteiger charge is -2.23. The molecule has 2 aliphatic rings. The fraction of sp³-hybridized carbons (Fsp3) is 0.300. The van der Waals surface area contributed by atoms with Crippen LogP contribution in [0.4, 0.5) is 4.79 Å². The average molecular weight is 394 g/mol. The number of urea groups is 1. The van der Waals surface area contributed by atoms with Crippen molar-refractivity contribution in [2.24, 2.45) is 0 Å². The van der Waals surface area contributed by atoms with E-state index in [4.69, 9.17) is 0 Å². The predicted molar refractivity (Wildman–Crippen MR) is 104 cm³/mol. The van der Waals surface area contributed by atoms with E-state index in [0.29, 0.717) is 10.7 Å². The number of fused-ring (bicyclic) bond motifs is 2. The molecule has 0 bridgehead atoms. The third-order valence-electron chi connectivity index (χ3n) is 5.63. The van der Waals surface area contributed by atoms with E-state index >= 15 is 0 Å². The highest BCUT2D eigenvalue weighted by atomic mass is 32.1. The van der Waals surface area contributed by atoms with Crippen LogP contribution in [0.5, 0.6) is 0 Å². The number of benzene rings is 1. The standard InChI is InChI=1S/C20H18N4O3S/c1-20(14-6-5-12-3-2-4-13(12)9-14)17(26)24(18(27)22-20)11-15-10-16(25)23-7-8-28-19(23)21-15/h5-10H,2-4,11H2,1H3,(H,22,27). The van der Waals surface area contributed by atoms with Gasteiger partial charge in [-0.1, -0.05) is 18.2 Å². The molecule has 3 heterocycles. The third-order valence-corrected chi connectivity index (χ3v) is 6.38. The van der Waals surface area contributed by atoms with Crippen LogP contribution in [-0.4, -0.2) is 26.2 Å². The van der Waals surface area contributed by atoms with Crippen LogP contribution >= 0.6 is 11.3 Å². The second-order valence-electron chi connectivity index (χ2n) is 7.42. The number of rotatable bonds is 3. The Hall–Kier alpha value is -3.00. The summed E-state index contributed by atoms with van der Waals surface area (Å²) in [5, 5.41) is 4.60. The van der Waals surface area contributed by atoms with Crippen molar-refractivity contribution >= 4 is 28.2 Å². The van der Waals surface area contributed by atoms with Crippen molar-refractivity contribution in [1.82, 2.24) is 19.6 Å². The van der Waals surface area contributed by atoms with Crippen LogP contribution in [0.15, 0.2) is 40.6 Å². The number of imide groups is 1. The van der Waals surface area contributed by atoms with Gasteiger partial charge in [0.1, 0.15) is 5.54 Å². The molecule has 3 amide bonds. The van der Waals surface area contributed by atoms with Gasteiger partial charge in [0.25, 0.3) is 11.5 Å². The summed E-state index contributed by atoms with van der Waals surface area (Å²) in [4.78, 5) is 44.0. The van der Waals surface area contributed by atoms with Crippen LogP contribution in [0.1, 0.15) is 35.7 Å². The van der Waals surface area contributed by atoms with Crippen molar-refractivity contribution in [2.45, 2.75) is 38.3 Å². The maximum absolute atomic E-state index is 13.2. The van der Waals surface area contributed by atoms with Gasteiger partial charge in [-0.2, -0.15) is 0 Å². The molecule has 1 aliphatic heterocycles. The zero-order chi connectivity index (χ0) is 19.5. The number of nitrogens with one attached hydrogen (secondary N) is 1. The van der Waals surface area contributed by atoms with Gasteiger partial charge in [0.2, 0.25) is 0 Å². The summed E-state index contributed by atoms with van der Waals surface area (Å²) in [5.41, 5.74) is 2.41. The summed E-state index contributed by atoms with van der Waals surface area (Å²) in [6, 6.07) is 6.91. The van der Waals surface area contributed by atoms with Crippen molar-refractivity contribution in [1.29, 1.82) is 0 Å². The number of aromatic nitrogens is 2. The number of carbonyl (C=O) groups excluding carboxylic acids is 2. The fourth-order valence-electron chi connectivity index (χ4n) is 4.05. The average Bonchev–Trinajstić information content (AvgIpc) is 3.37. The van der Waals surface area contributed by atoms with E-state index in [2.05, 4.69) is 16.4 Å². The summed E-state index contributed by atoms with van der Waals surface area (Å²) < 4.78 is 1.44. The van der Waals surface area contributed by atoms with Gasteiger partial charge in [-0.15, -0.1) is 11.3 Å². The van der Waals surface area contributed by atoms with Crippen LogP contribution in [0.25, 0.3) is 4.96 Å². The van der Waals surface area contributed by atoms with Gasteiger partial charge in [0.15, 0.2) is 4.96 Å². The Morgan fingerprint density at radius 3 is 2.86 bits per heavy atom. The summed E-state index contributed by atoms with van der Waals surface area (Å²) in [7, 11) is 0. The van der Waals surface area contributed by atoms with Crippen LogP contribution < -0.4 is 10.9 Å². The molecule has 142 valence electrons. The van der Waals surface area contributed by atoms with Crippen molar-refractivity contribution in [3.63, 3.8) is 0 Å². The molecule has 8 heteroatoms. The molecule has 28 heavy (non-hydrogen) atoms. The Bertz CT molecular complexity index is 1200. The first kappa shape index (κ1) is 17.1. The minimum absolute atomic E-state index is 0.0329. The van der Waals surface area contributed by atoms with Gasteiger partial charge in [0, 0.05) is 17.6 Å². The first-order valence-electron chi connectivity index (χ1n) is 9.18. The quantitative estimate of drug-likeness (QED) is 0.691. The summed E-state index contributed by atoms with van der Waals surface area (Å²) >= 11 is 1.33. The molecular weight excluding hydrogens is 376 g/mol. The molecule has 0 spiro atoms. The first-order valence-corrected chi connectivity index (χ1v) is 10.1. The zero-order valence-electron chi connectivity index (χ0n) is 15.3. The maximum atomic E-state index is 13.2. The number of aryl methyl sites for hydroxylation is 2. The highest BCUT2D eigenvalue weighted by Gasteiger charge is 2.49. The minimum atomic E-state index is -1.11. The molecule has 1 unspecified atom stereocenters. The molecule has 5 rings (SSSR count). The molecule has 1 aromatic carbocycles. The van der Waals surface area contributed by atoms with E-state index in [1.807, 2.05) is 12.1 Å². The second kappa shape index (κ2) is 6.00. The van der Waals surface area contributed by atoms with E-state index < -0.39 is 11.6 Å². The van der Waals surface area contributed by atoms with Gasteiger partial charge in [0.05, 0.1) is 12.2 Å². The molecule has 1 atom stereocenters. The lowest BCUT2D eigenvalue weighted by atomic mass is 9.89. The molecule has 7 nitrogen and oxygen atoms in total. The van der Waals surface area contributed by atoms with Crippen LogP contribution in [0, 0.1) is 0 Å². The number of hydrogen-bond acceptors (Lipinski definition) is 5. The number of nitrogens with zero attached hydrogens (tertiary/aromatic N) is 3. The number of carbonyl (C=O) groups is 2. The monoisotopic (exact) mass is 394 g/mol. The van der Waals surface area contributed by atoms with Crippen molar-refractivity contribution in [2.75, 3.05) is 0 Å². The lowest BCUT2D eigenvalue weighted by molar-refractivity contribution is -0.131. The van der Waals surface area contributed by atoms with Gasteiger partial charge < -0.3 is 5.32 Å². The fourth-order valence-corrected chi connectivity index (χ4v) is 4.79. The van der Waals surface area contributed by atoms with E-state index in [-0.39, 0.29) is 18.0 Å². The molecule has 1 aliphatic carbocycles. The predicted octanol–water partition coefficient (Wildman–Crippen LogP) is 2.21. The number of amides is 3. The summed E-state index contributed by atoms with van der Waals surface area (Å²) in [5.74, 6) is -0.330. The Morgan fingerprint density at radius 2 is 2.00 bits per heavy atom. The first-order chi connectivity index (χ1) is 13.5. The van der Waals surface area contributed by atoms with Gasteiger partial charge in [-0.3, -0.25) is 18.9 Å². The van der Waals surface area contributed by atoms with Crippen LogP contribution in [0.3, 0.4) is 0 Å². The SMILES string of the molecule is CC1(c2ccc3c(c2)CCC3)NC(=O)N(Cc2cc(=O)n3ccsc3n2)C1=O. The van der Waals surface area contributed by atoms with E-state index in [9.17, 15) is 14.4 Å². The number of thiazole rings is 1. The Kier molecular flexibility index (Phi) is 3.67. The third kappa shape index (κ3) is 2.48. The smallest absolute Gasteiger partial charge is 0.319 e. The van der Waals surface area contributed by atoms with E-state index in [1.165, 1.54) is 32.9 Å². The lowest BCUT2D eigenvalue weighted by Crippen LogP contribution is -2.41. The van der Waals surface area contributed by atoms with Crippen molar-refractivity contribution < 1.29 is 9.59 Å². The number of hydrogen-bond donors (Lipinski definition) is 1. The second-order valence-corrected chi connectivity index (χ2v) is 8.30. The summed E-state index contributed by atoms with van der Waals surface area (Å²) in [6.45, 7) is 1.70. The topological polar surface area (TPSA) is 83.8 Å². The van der Waals surface area contributed by atoms with E-state index in [1.54, 1.807) is 18.5 Å². The molecule has 1 fully saturated rings. The van der Waals surface area contributed by atoms with E-state index in [0.717, 1.165) is 29.7 Å². The zero-order valence-corrected chi connectivity index (χ0v) is 16.1. The van der Waals surface area contributed by atoms with Crippen LogP contribution in [-0.2, 0) is 29.7 Å². The normalized spacial score (nSPS) is 21.4. The molecule has 2 aromatic heterocycles. The Labute approximate surface area is 164 Å². The Morgan fingerprint density at radius 1 is 1.18 bits per heavy atom. The Balaban J connectivity index is 1.47. The molecule has 0 saturated carbocycles.